The Kier molecular flexibility index (Phi) is 3.56. The fourth-order valence-corrected chi connectivity index (χ4v) is 3.32. The maximum atomic E-state index is 5.06. The Labute approximate surface area is 131 Å². The van der Waals surface area contributed by atoms with Crippen LogP contribution in [0.1, 0.15) is 12.0 Å². The van der Waals surface area contributed by atoms with Gasteiger partial charge in [0.25, 0.3) is 0 Å². The summed E-state index contributed by atoms with van der Waals surface area (Å²) in [4.78, 5) is 9.88. The van der Waals surface area contributed by atoms with Crippen LogP contribution >= 0.6 is 0 Å². The van der Waals surface area contributed by atoms with Gasteiger partial charge < -0.3 is 10.2 Å². The maximum absolute atomic E-state index is 5.06. The quantitative estimate of drug-likeness (QED) is 0.903. The van der Waals surface area contributed by atoms with Crippen molar-refractivity contribution in [1.29, 1.82) is 0 Å². The van der Waals surface area contributed by atoms with Gasteiger partial charge in [-0.3, -0.25) is 4.90 Å². The van der Waals surface area contributed by atoms with Gasteiger partial charge in [0.1, 0.15) is 0 Å². The van der Waals surface area contributed by atoms with E-state index in [4.69, 9.17) is 4.99 Å². The van der Waals surface area contributed by atoms with Crippen LogP contribution in [0.25, 0.3) is 0 Å². The highest BCUT2D eigenvalue weighted by molar-refractivity contribution is 6.14. The monoisotopic (exact) mass is 294 g/mol. The predicted molar refractivity (Wildman–Crippen MR) is 89.8 cm³/mol. The lowest BCUT2D eigenvalue weighted by atomic mass is 9.99. The van der Waals surface area contributed by atoms with Crippen LogP contribution in [0.5, 0.6) is 0 Å². The molecule has 1 aliphatic carbocycles. The molecule has 1 unspecified atom stereocenters. The first-order valence-electron chi connectivity index (χ1n) is 8.04. The van der Waals surface area contributed by atoms with Gasteiger partial charge in [0.15, 0.2) is 6.29 Å². The first-order chi connectivity index (χ1) is 10.8. The summed E-state index contributed by atoms with van der Waals surface area (Å²) >= 11 is 0. The lowest BCUT2D eigenvalue weighted by Crippen LogP contribution is -2.54. The van der Waals surface area contributed by atoms with Crippen LogP contribution in [-0.2, 0) is 0 Å². The molecule has 3 aliphatic rings. The first kappa shape index (κ1) is 13.7. The third kappa shape index (κ3) is 2.49. The van der Waals surface area contributed by atoms with E-state index >= 15 is 0 Å². The van der Waals surface area contributed by atoms with Crippen LogP contribution in [0.15, 0.2) is 58.7 Å². The minimum atomic E-state index is 0.0606. The third-order valence-electron chi connectivity index (χ3n) is 4.68. The summed E-state index contributed by atoms with van der Waals surface area (Å²) in [7, 11) is 2.19. The molecule has 1 saturated heterocycles. The zero-order chi connectivity index (χ0) is 14.9. The van der Waals surface area contributed by atoms with E-state index < -0.39 is 0 Å². The standard InChI is InChI=1S/C18H22N4/c1-21-10-12-22(13-11-21)18-19-16-9-5-8-15(16)17(20-18)14-6-3-2-4-7-14/h2-7,9,18-19H,8,10-13H2,1H3. The second-order valence-electron chi connectivity index (χ2n) is 6.20. The lowest BCUT2D eigenvalue weighted by molar-refractivity contribution is 0.103. The molecular weight excluding hydrogens is 272 g/mol. The largest absolute Gasteiger partial charge is 0.351 e. The molecule has 114 valence electrons. The van der Waals surface area contributed by atoms with Gasteiger partial charge in [-0.1, -0.05) is 36.4 Å². The van der Waals surface area contributed by atoms with E-state index in [0.717, 1.165) is 38.3 Å². The second kappa shape index (κ2) is 5.71. The van der Waals surface area contributed by atoms with Crippen LogP contribution < -0.4 is 5.32 Å². The third-order valence-corrected chi connectivity index (χ3v) is 4.68. The summed E-state index contributed by atoms with van der Waals surface area (Å²) in [5.41, 5.74) is 4.96. The average molecular weight is 294 g/mol. The molecule has 1 aromatic carbocycles. The maximum Gasteiger partial charge on any atom is 0.177 e. The molecule has 1 aromatic rings. The van der Waals surface area contributed by atoms with Crippen LogP contribution in [-0.4, -0.2) is 55.0 Å². The smallest absolute Gasteiger partial charge is 0.177 e. The van der Waals surface area contributed by atoms with Crippen LogP contribution in [0.4, 0.5) is 0 Å². The van der Waals surface area contributed by atoms with Crippen molar-refractivity contribution >= 4 is 5.71 Å². The molecule has 4 nitrogen and oxygen atoms in total. The molecular formula is C18H22N4. The molecule has 0 aromatic heterocycles. The van der Waals surface area contributed by atoms with Crippen molar-refractivity contribution in [3.05, 3.63) is 59.3 Å². The van der Waals surface area contributed by atoms with E-state index in [0.29, 0.717) is 0 Å². The molecule has 1 N–H and O–H groups in total. The van der Waals surface area contributed by atoms with Gasteiger partial charge in [-0.25, -0.2) is 4.99 Å². The SMILES string of the molecule is CN1CCN(C2N=C(c3ccccc3)C3=C(C=CC3)N2)CC1. The molecule has 0 saturated carbocycles. The summed E-state index contributed by atoms with van der Waals surface area (Å²) in [6.07, 6.45) is 5.47. The molecule has 2 heterocycles. The molecule has 2 aliphatic heterocycles. The molecule has 4 rings (SSSR count). The van der Waals surface area contributed by atoms with E-state index in [1.807, 2.05) is 0 Å². The van der Waals surface area contributed by atoms with Gasteiger partial charge in [0.05, 0.1) is 5.71 Å². The van der Waals surface area contributed by atoms with E-state index in [1.165, 1.54) is 16.8 Å². The Hall–Kier alpha value is -1.91. The minimum absolute atomic E-state index is 0.0606. The number of benzene rings is 1. The molecule has 0 radical (unpaired) electrons. The van der Waals surface area contributed by atoms with Crippen molar-refractivity contribution in [2.24, 2.45) is 4.99 Å². The topological polar surface area (TPSA) is 30.9 Å². The number of nitrogens with zero attached hydrogens (tertiary/aromatic N) is 3. The van der Waals surface area contributed by atoms with E-state index in [2.05, 4.69) is 64.6 Å². The molecule has 0 bridgehead atoms. The van der Waals surface area contributed by atoms with Gasteiger partial charge in [0, 0.05) is 43.0 Å². The van der Waals surface area contributed by atoms with Crippen molar-refractivity contribution in [1.82, 2.24) is 15.1 Å². The van der Waals surface area contributed by atoms with Gasteiger partial charge in [-0.05, 0) is 19.5 Å². The van der Waals surface area contributed by atoms with Gasteiger partial charge in [0.2, 0.25) is 0 Å². The molecule has 1 fully saturated rings. The first-order valence-corrected chi connectivity index (χ1v) is 8.04. The number of aliphatic imine (C=N–C) groups is 1. The number of hydrogen-bond donors (Lipinski definition) is 1. The molecule has 0 spiro atoms. The van der Waals surface area contributed by atoms with E-state index in [-0.39, 0.29) is 6.29 Å². The fourth-order valence-electron chi connectivity index (χ4n) is 3.32. The van der Waals surface area contributed by atoms with Crippen molar-refractivity contribution in [2.45, 2.75) is 12.7 Å². The predicted octanol–water partition coefficient (Wildman–Crippen LogP) is 1.82. The molecule has 4 heteroatoms. The van der Waals surface area contributed by atoms with Crippen molar-refractivity contribution < 1.29 is 0 Å². The normalized spacial score (nSPS) is 25.9. The average Bonchev–Trinajstić information content (AvgIpc) is 3.04. The van der Waals surface area contributed by atoms with Gasteiger partial charge in [-0.15, -0.1) is 0 Å². The Bertz CT molecular complexity index is 636. The van der Waals surface area contributed by atoms with Crippen LogP contribution in [0.3, 0.4) is 0 Å². The Morgan fingerprint density at radius 3 is 2.64 bits per heavy atom. The Balaban J connectivity index is 1.65. The molecule has 22 heavy (non-hydrogen) atoms. The van der Waals surface area contributed by atoms with Crippen molar-refractivity contribution in [3.63, 3.8) is 0 Å². The van der Waals surface area contributed by atoms with Crippen LogP contribution in [0.2, 0.25) is 0 Å². The highest BCUT2D eigenvalue weighted by Crippen LogP contribution is 2.27. The number of likely N-dealkylation sites (N-methyl/N-ethyl adjacent to an activating group) is 1. The summed E-state index contributed by atoms with van der Waals surface area (Å²) in [5, 5.41) is 3.61. The van der Waals surface area contributed by atoms with E-state index in [9.17, 15) is 0 Å². The number of hydrogen-bond acceptors (Lipinski definition) is 4. The highest BCUT2D eigenvalue weighted by atomic mass is 15.4. The minimum Gasteiger partial charge on any atom is -0.351 e. The number of piperazine rings is 1. The molecule has 1 atom stereocenters. The summed E-state index contributed by atoms with van der Waals surface area (Å²) in [5.74, 6) is 0. The highest BCUT2D eigenvalue weighted by Gasteiger charge is 2.29. The number of allylic oxidation sites excluding steroid dienone is 3. The number of rotatable bonds is 2. The Morgan fingerprint density at radius 2 is 1.86 bits per heavy atom. The van der Waals surface area contributed by atoms with Crippen molar-refractivity contribution in [2.75, 3.05) is 33.2 Å². The number of nitrogens with one attached hydrogen (secondary N) is 1. The summed E-state index contributed by atoms with van der Waals surface area (Å²) in [6, 6.07) is 10.6. The Morgan fingerprint density at radius 1 is 1.09 bits per heavy atom. The lowest BCUT2D eigenvalue weighted by Gasteiger charge is -2.38. The summed E-state index contributed by atoms with van der Waals surface area (Å²) in [6.45, 7) is 4.34. The second-order valence-corrected chi connectivity index (χ2v) is 6.20. The molecule has 0 amide bonds. The zero-order valence-corrected chi connectivity index (χ0v) is 13.0. The van der Waals surface area contributed by atoms with Gasteiger partial charge >= 0.3 is 0 Å². The zero-order valence-electron chi connectivity index (χ0n) is 13.0. The van der Waals surface area contributed by atoms with Crippen LogP contribution in [0, 0.1) is 0 Å². The van der Waals surface area contributed by atoms with Crippen molar-refractivity contribution in [3.8, 4) is 0 Å². The van der Waals surface area contributed by atoms with Gasteiger partial charge in [-0.2, -0.15) is 0 Å². The van der Waals surface area contributed by atoms with E-state index in [1.54, 1.807) is 0 Å². The fraction of sp³-hybridized carbons (Fsp3) is 0.389. The summed E-state index contributed by atoms with van der Waals surface area (Å²) < 4.78 is 0.